The first kappa shape index (κ1) is 23.8. The highest BCUT2D eigenvalue weighted by molar-refractivity contribution is 7.15. The zero-order chi connectivity index (χ0) is 25.7. The van der Waals surface area contributed by atoms with Crippen LogP contribution in [-0.2, 0) is 25.6 Å². The second kappa shape index (κ2) is 9.06. The van der Waals surface area contributed by atoms with Crippen molar-refractivity contribution >= 4 is 23.1 Å². The topological polar surface area (TPSA) is 37.3 Å². The zero-order valence-corrected chi connectivity index (χ0v) is 20.5. The van der Waals surface area contributed by atoms with E-state index in [1.54, 1.807) is 28.4 Å². The molecule has 1 atom stereocenters. The molecule has 0 fully saturated rings. The Balaban J connectivity index is 1.49. The van der Waals surface area contributed by atoms with Crippen molar-refractivity contribution in [2.45, 2.75) is 44.4 Å². The Morgan fingerprint density at radius 2 is 1.70 bits per heavy atom. The summed E-state index contributed by atoms with van der Waals surface area (Å²) in [5.41, 5.74) is 2.52. The number of nitrogens with zero attached hydrogens (tertiary/aromatic N) is 2. The van der Waals surface area contributed by atoms with E-state index < -0.39 is 29.6 Å². The molecule has 0 saturated carbocycles. The molecule has 0 saturated heterocycles. The number of hydrogen-bond donors (Lipinski definition) is 1. The highest BCUT2D eigenvalue weighted by Crippen LogP contribution is 2.44. The number of thiophene rings is 1. The van der Waals surface area contributed by atoms with E-state index in [0.717, 1.165) is 48.0 Å². The molecule has 0 bridgehead atoms. The van der Waals surface area contributed by atoms with Crippen LogP contribution in [0.3, 0.4) is 0 Å². The van der Waals surface area contributed by atoms with E-state index in [9.17, 15) is 22.4 Å². The Morgan fingerprint density at radius 1 is 0.946 bits per heavy atom. The average Bonchev–Trinajstić information content (AvgIpc) is 3.46. The third kappa shape index (κ3) is 4.21. The SMILES string of the molecule is O=C(Nc1ccccc1C(F)(F)F)N1Cc2c(sc3c2CCCC3)-n2cccc2[C@H]1c1ccc(F)cc1. The quantitative estimate of drug-likeness (QED) is 0.268. The number of hydrogen-bond acceptors (Lipinski definition) is 2. The van der Waals surface area contributed by atoms with Gasteiger partial charge < -0.3 is 14.8 Å². The second-order valence-corrected chi connectivity index (χ2v) is 10.4. The number of halogens is 4. The molecule has 2 aromatic heterocycles. The van der Waals surface area contributed by atoms with E-state index in [0.29, 0.717) is 5.56 Å². The minimum Gasteiger partial charge on any atom is -0.310 e. The van der Waals surface area contributed by atoms with Crippen LogP contribution in [0.25, 0.3) is 5.00 Å². The van der Waals surface area contributed by atoms with Crippen molar-refractivity contribution in [3.63, 3.8) is 0 Å². The van der Waals surface area contributed by atoms with Crippen molar-refractivity contribution in [2.75, 3.05) is 5.32 Å². The summed E-state index contributed by atoms with van der Waals surface area (Å²) >= 11 is 1.72. The lowest BCUT2D eigenvalue weighted by molar-refractivity contribution is -0.136. The smallest absolute Gasteiger partial charge is 0.310 e. The third-order valence-corrected chi connectivity index (χ3v) is 8.43. The van der Waals surface area contributed by atoms with Gasteiger partial charge in [-0.2, -0.15) is 13.2 Å². The Kier molecular flexibility index (Phi) is 5.82. The fourth-order valence-corrected chi connectivity index (χ4v) is 6.81. The number of urea groups is 1. The summed E-state index contributed by atoms with van der Waals surface area (Å²) in [4.78, 5) is 16.7. The van der Waals surface area contributed by atoms with Crippen molar-refractivity contribution in [2.24, 2.45) is 0 Å². The largest absolute Gasteiger partial charge is 0.418 e. The molecule has 37 heavy (non-hydrogen) atoms. The lowest BCUT2D eigenvalue weighted by Gasteiger charge is -2.31. The maximum atomic E-state index is 13.8. The van der Waals surface area contributed by atoms with Crippen LogP contribution >= 0.6 is 11.3 Å². The maximum absolute atomic E-state index is 13.8. The Morgan fingerprint density at radius 3 is 2.49 bits per heavy atom. The number of aromatic nitrogens is 1. The summed E-state index contributed by atoms with van der Waals surface area (Å²) < 4.78 is 56.9. The van der Waals surface area contributed by atoms with Gasteiger partial charge in [-0.1, -0.05) is 24.3 Å². The van der Waals surface area contributed by atoms with E-state index in [1.807, 2.05) is 18.3 Å². The third-order valence-electron chi connectivity index (χ3n) is 7.10. The first-order valence-electron chi connectivity index (χ1n) is 12.1. The van der Waals surface area contributed by atoms with Gasteiger partial charge >= 0.3 is 12.2 Å². The predicted molar refractivity (Wildman–Crippen MR) is 135 cm³/mol. The van der Waals surface area contributed by atoms with Gasteiger partial charge in [-0.3, -0.25) is 0 Å². The number of nitrogens with one attached hydrogen (secondary N) is 1. The highest BCUT2D eigenvalue weighted by Gasteiger charge is 2.38. The summed E-state index contributed by atoms with van der Waals surface area (Å²) in [5, 5.41) is 3.57. The summed E-state index contributed by atoms with van der Waals surface area (Å²) in [6, 6.07) is 13.4. The summed E-state index contributed by atoms with van der Waals surface area (Å²) in [6.07, 6.45) is 1.39. The van der Waals surface area contributed by atoms with Crippen LogP contribution in [0, 0.1) is 5.82 Å². The Labute approximate surface area is 215 Å². The van der Waals surface area contributed by atoms with Crippen LogP contribution in [0.5, 0.6) is 0 Å². The number of benzene rings is 2. The second-order valence-electron chi connectivity index (χ2n) is 9.35. The molecule has 190 valence electrons. The molecule has 9 heteroatoms. The highest BCUT2D eigenvalue weighted by atomic mass is 32.1. The molecule has 4 aromatic rings. The van der Waals surface area contributed by atoms with Gasteiger partial charge in [0.25, 0.3) is 0 Å². The normalized spacial score (nSPS) is 17.0. The average molecular weight is 526 g/mol. The van der Waals surface area contributed by atoms with E-state index in [4.69, 9.17) is 0 Å². The maximum Gasteiger partial charge on any atom is 0.418 e. The van der Waals surface area contributed by atoms with Gasteiger partial charge in [0.15, 0.2) is 0 Å². The van der Waals surface area contributed by atoms with Crippen molar-refractivity contribution in [1.29, 1.82) is 0 Å². The predicted octanol–water partition coefficient (Wildman–Crippen LogP) is 7.71. The molecule has 6 rings (SSSR count). The number of anilines is 1. The number of fused-ring (bicyclic) bond motifs is 5. The molecular weight excluding hydrogens is 502 g/mol. The summed E-state index contributed by atoms with van der Waals surface area (Å²) in [5.74, 6) is -0.406. The number of carbonyl (C=O) groups excluding carboxylic acids is 1. The minimum atomic E-state index is -4.62. The van der Waals surface area contributed by atoms with Crippen molar-refractivity contribution in [1.82, 2.24) is 9.47 Å². The fraction of sp³-hybridized carbons (Fsp3) is 0.250. The number of amides is 2. The summed E-state index contributed by atoms with van der Waals surface area (Å²) in [7, 11) is 0. The van der Waals surface area contributed by atoms with Gasteiger partial charge in [0.05, 0.1) is 29.5 Å². The molecular formula is C28H23F4N3OS. The lowest BCUT2D eigenvalue weighted by Crippen LogP contribution is -2.38. The molecule has 0 unspecified atom stereocenters. The number of aryl methyl sites for hydroxylation is 1. The number of carbonyl (C=O) groups is 1. The molecule has 3 heterocycles. The van der Waals surface area contributed by atoms with Crippen molar-refractivity contribution in [3.05, 3.63) is 106 Å². The van der Waals surface area contributed by atoms with E-state index in [2.05, 4.69) is 9.88 Å². The molecule has 2 aliphatic rings. The summed E-state index contributed by atoms with van der Waals surface area (Å²) in [6.45, 7) is 0.227. The number of alkyl halides is 3. The van der Waals surface area contributed by atoms with Gasteiger partial charge in [0.1, 0.15) is 10.8 Å². The molecule has 2 amide bonds. The number of para-hydroxylation sites is 1. The van der Waals surface area contributed by atoms with Gasteiger partial charge in [-0.05, 0) is 73.2 Å². The van der Waals surface area contributed by atoms with E-state index in [-0.39, 0.29) is 12.2 Å². The first-order valence-corrected chi connectivity index (χ1v) is 12.9. The van der Waals surface area contributed by atoms with Gasteiger partial charge in [-0.25, -0.2) is 9.18 Å². The molecule has 0 radical (unpaired) electrons. The van der Waals surface area contributed by atoms with Crippen LogP contribution in [0.4, 0.5) is 28.0 Å². The lowest BCUT2D eigenvalue weighted by atomic mass is 9.95. The van der Waals surface area contributed by atoms with Crippen LogP contribution in [0.1, 0.15) is 51.7 Å². The van der Waals surface area contributed by atoms with Gasteiger partial charge in [-0.15, -0.1) is 11.3 Å². The van der Waals surface area contributed by atoms with Crippen LogP contribution in [-0.4, -0.2) is 15.5 Å². The Hall–Kier alpha value is -3.59. The zero-order valence-electron chi connectivity index (χ0n) is 19.7. The Bertz CT molecular complexity index is 1470. The van der Waals surface area contributed by atoms with Gasteiger partial charge in [0.2, 0.25) is 0 Å². The molecule has 4 nitrogen and oxygen atoms in total. The number of rotatable bonds is 2. The van der Waals surface area contributed by atoms with Crippen LogP contribution in [0.2, 0.25) is 0 Å². The standard InChI is InChI=1S/C28H23F4N3OS/c29-18-13-11-17(12-14-18)25-23-9-5-15-34(23)26-20(19-6-1-4-10-24(19)37-26)16-35(25)27(36)33-22-8-3-2-7-21(22)28(30,31)32/h2-3,5,7-9,11-15,25H,1,4,6,10,16H2,(H,33,36)/t25-/m1/s1. The van der Waals surface area contributed by atoms with Gasteiger partial charge in [0, 0.05) is 16.6 Å². The molecule has 1 aliphatic carbocycles. The van der Waals surface area contributed by atoms with Crippen molar-refractivity contribution < 1.29 is 22.4 Å². The van der Waals surface area contributed by atoms with Crippen LogP contribution in [0.15, 0.2) is 66.9 Å². The molecule has 1 N–H and O–H groups in total. The molecule has 0 spiro atoms. The van der Waals surface area contributed by atoms with E-state index in [1.165, 1.54) is 40.8 Å². The molecule has 1 aliphatic heterocycles. The minimum absolute atomic E-state index is 0.227. The first-order chi connectivity index (χ1) is 17.8. The molecule has 2 aromatic carbocycles. The fourth-order valence-electron chi connectivity index (χ4n) is 5.41. The van der Waals surface area contributed by atoms with Crippen LogP contribution < -0.4 is 5.32 Å². The van der Waals surface area contributed by atoms with Crippen molar-refractivity contribution in [3.8, 4) is 5.00 Å². The monoisotopic (exact) mass is 525 g/mol. The van der Waals surface area contributed by atoms with E-state index >= 15 is 0 Å².